The molecule has 9 nitrogen and oxygen atoms in total. The summed E-state index contributed by atoms with van der Waals surface area (Å²) in [5.41, 5.74) is 1.35. The van der Waals surface area contributed by atoms with Gasteiger partial charge in [-0.15, -0.1) is 11.3 Å². The molecule has 2 aromatic rings. The number of benzene rings is 1. The molecule has 2 aliphatic rings. The Bertz CT molecular complexity index is 986. The van der Waals surface area contributed by atoms with Gasteiger partial charge in [-0.3, -0.25) is 9.59 Å². The van der Waals surface area contributed by atoms with Crippen LogP contribution >= 0.6 is 22.9 Å². The largest absolute Gasteiger partial charge is 0.492 e. The van der Waals surface area contributed by atoms with Gasteiger partial charge >= 0.3 is 0 Å². The molecule has 1 aromatic heterocycles. The Kier molecular flexibility index (Phi) is 7.17. The smallest absolute Gasteiger partial charge is 0.261 e. The van der Waals surface area contributed by atoms with Crippen molar-refractivity contribution in [1.82, 2.24) is 5.32 Å². The molecular weight excluding hydrogens is 458 g/mol. The molecule has 1 aromatic carbocycles. The fourth-order valence-corrected chi connectivity index (χ4v) is 4.59. The number of ether oxygens (including phenoxy) is 3. The van der Waals surface area contributed by atoms with Gasteiger partial charge in [-0.25, -0.2) is 0 Å². The minimum atomic E-state index is -1.19. The number of aliphatic hydroxyl groups is 1. The highest BCUT2D eigenvalue weighted by Gasteiger charge is 2.34. The van der Waals surface area contributed by atoms with Gasteiger partial charge in [-0.2, -0.15) is 0 Å². The van der Waals surface area contributed by atoms with Crippen LogP contribution < -0.4 is 19.9 Å². The molecule has 1 unspecified atom stereocenters. The average Bonchev–Trinajstić information content (AvgIpc) is 3.38. The van der Waals surface area contributed by atoms with Crippen LogP contribution in [0.25, 0.3) is 0 Å². The summed E-state index contributed by atoms with van der Waals surface area (Å²) in [6.45, 7) is 3.85. The molecule has 2 amide bonds. The van der Waals surface area contributed by atoms with Gasteiger partial charge in [0.05, 0.1) is 40.8 Å². The summed E-state index contributed by atoms with van der Waals surface area (Å²) in [7, 11) is 0. The number of nitrogens with one attached hydrogen (secondary N) is 1. The van der Waals surface area contributed by atoms with Gasteiger partial charge in [0.25, 0.3) is 11.8 Å². The molecular formula is C21H24ClN3O6S. The normalized spacial score (nSPS) is 21.2. The van der Waals surface area contributed by atoms with Crippen molar-refractivity contribution in [2.45, 2.75) is 19.4 Å². The molecule has 4 rings (SSSR count). The maximum absolute atomic E-state index is 12.2. The number of hydrogen-bond donors (Lipinski definition) is 2. The molecule has 172 valence electrons. The Balaban J connectivity index is 1.45. The zero-order valence-electron chi connectivity index (χ0n) is 17.5. The van der Waals surface area contributed by atoms with E-state index >= 15 is 0 Å². The summed E-state index contributed by atoms with van der Waals surface area (Å²) in [6, 6.07) is 8.72. The van der Waals surface area contributed by atoms with E-state index in [1.807, 2.05) is 13.0 Å². The van der Waals surface area contributed by atoms with E-state index < -0.39 is 12.5 Å². The van der Waals surface area contributed by atoms with E-state index in [1.54, 1.807) is 34.1 Å². The van der Waals surface area contributed by atoms with Crippen molar-refractivity contribution < 1.29 is 28.9 Å². The maximum atomic E-state index is 12.2. The molecule has 3 heterocycles. The summed E-state index contributed by atoms with van der Waals surface area (Å²) < 4.78 is 17.2. The van der Waals surface area contributed by atoms with E-state index in [1.165, 1.54) is 11.3 Å². The molecule has 2 atom stereocenters. The van der Waals surface area contributed by atoms with Gasteiger partial charge in [0, 0.05) is 24.8 Å². The lowest BCUT2D eigenvalue weighted by Gasteiger charge is -2.29. The molecule has 0 spiro atoms. The van der Waals surface area contributed by atoms with Crippen LogP contribution in [0.4, 0.5) is 11.4 Å². The number of halogens is 1. The fraction of sp³-hybridized carbons (Fsp3) is 0.429. The number of thiophene rings is 1. The summed E-state index contributed by atoms with van der Waals surface area (Å²) in [5.74, 6) is 0.177. The minimum absolute atomic E-state index is 0.0511. The molecule has 0 radical (unpaired) electrons. The minimum Gasteiger partial charge on any atom is -0.492 e. The lowest BCUT2D eigenvalue weighted by molar-refractivity contribution is -0.125. The van der Waals surface area contributed by atoms with Crippen molar-refractivity contribution >= 4 is 46.1 Å². The second kappa shape index (κ2) is 10.1. The van der Waals surface area contributed by atoms with Crippen molar-refractivity contribution in [3.63, 3.8) is 0 Å². The van der Waals surface area contributed by atoms with Gasteiger partial charge in [-0.1, -0.05) is 11.6 Å². The highest BCUT2D eigenvalue weighted by Crippen LogP contribution is 2.36. The summed E-state index contributed by atoms with van der Waals surface area (Å²) in [4.78, 5) is 28.3. The Labute approximate surface area is 194 Å². The molecule has 2 fully saturated rings. The summed E-state index contributed by atoms with van der Waals surface area (Å²) in [5, 5.41) is 13.3. The first-order valence-electron chi connectivity index (χ1n) is 10.2. The van der Waals surface area contributed by atoms with Gasteiger partial charge in [-0.05, 0) is 31.2 Å². The number of hydrogen-bond acceptors (Lipinski definition) is 8. The number of aliphatic hydroxyl groups excluding tert-OH is 1. The molecule has 11 heteroatoms. The zero-order valence-corrected chi connectivity index (χ0v) is 19.0. The Morgan fingerprint density at radius 1 is 1.38 bits per heavy atom. The van der Waals surface area contributed by atoms with Crippen molar-refractivity contribution in [3.05, 3.63) is 39.5 Å². The lowest BCUT2D eigenvalue weighted by Crippen LogP contribution is -2.41. The number of rotatable bonds is 7. The van der Waals surface area contributed by atoms with Crippen molar-refractivity contribution in [3.8, 4) is 5.75 Å². The predicted octanol–water partition coefficient (Wildman–Crippen LogP) is 2.07. The van der Waals surface area contributed by atoms with Crippen LogP contribution in [0.15, 0.2) is 30.3 Å². The molecule has 0 saturated carbocycles. The number of amides is 2. The van der Waals surface area contributed by atoms with Crippen LogP contribution in [0.1, 0.15) is 16.6 Å². The SMILES string of the molecule is CCOc1cc(N2CCOCC2=O)ccc1N1C[C@H](CNC(=O)c2ccc(Cl)s2)OC1O. The van der Waals surface area contributed by atoms with Crippen LogP contribution in [0.2, 0.25) is 4.34 Å². The van der Waals surface area contributed by atoms with Crippen molar-refractivity contribution in [2.75, 3.05) is 49.3 Å². The number of nitrogens with zero attached hydrogens (tertiary/aromatic N) is 2. The third-order valence-electron chi connectivity index (χ3n) is 5.12. The number of carbonyl (C=O) groups is 2. The summed E-state index contributed by atoms with van der Waals surface area (Å²) in [6.07, 6.45) is -1.61. The molecule has 0 aliphatic carbocycles. The van der Waals surface area contributed by atoms with E-state index in [2.05, 4.69) is 5.32 Å². The van der Waals surface area contributed by atoms with E-state index in [0.717, 1.165) is 0 Å². The van der Waals surface area contributed by atoms with Gasteiger partial charge in [0.2, 0.25) is 6.41 Å². The standard InChI is InChI=1S/C21H24ClN3O6S/c1-2-30-16-9-13(24-7-8-29-12-19(24)26)3-4-15(16)25-11-14(31-21(25)28)10-23-20(27)17-5-6-18(22)32-17/h3-6,9,14,21,28H,2,7-8,10-12H2,1H3,(H,23,27)/t14-,21?/m0/s1. The molecule has 2 aliphatic heterocycles. The molecule has 2 saturated heterocycles. The highest BCUT2D eigenvalue weighted by molar-refractivity contribution is 7.18. The van der Waals surface area contributed by atoms with Gasteiger partial charge < -0.3 is 34.4 Å². The first-order valence-corrected chi connectivity index (χ1v) is 11.4. The Hall–Kier alpha value is -2.37. The number of anilines is 2. The van der Waals surface area contributed by atoms with E-state index in [4.69, 9.17) is 25.8 Å². The number of carbonyl (C=O) groups excluding carboxylic acids is 2. The quantitative estimate of drug-likeness (QED) is 0.624. The second-order valence-electron chi connectivity index (χ2n) is 7.23. The fourth-order valence-electron chi connectivity index (χ4n) is 3.63. The predicted molar refractivity (Wildman–Crippen MR) is 121 cm³/mol. The number of morpholine rings is 1. The van der Waals surface area contributed by atoms with Crippen LogP contribution in [0.5, 0.6) is 5.75 Å². The third-order valence-corrected chi connectivity index (χ3v) is 6.35. The average molecular weight is 482 g/mol. The van der Waals surface area contributed by atoms with Crippen LogP contribution in [0.3, 0.4) is 0 Å². The third kappa shape index (κ3) is 5.00. The lowest BCUT2D eigenvalue weighted by atomic mass is 10.2. The molecule has 32 heavy (non-hydrogen) atoms. The van der Waals surface area contributed by atoms with Crippen LogP contribution in [-0.4, -0.2) is 68.9 Å². The monoisotopic (exact) mass is 481 g/mol. The second-order valence-corrected chi connectivity index (χ2v) is 8.95. The summed E-state index contributed by atoms with van der Waals surface area (Å²) >= 11 is 7.08. The van der Waals surface area contributed by atoms with E-state index in [0.29, 0.717) is 52.6 Å². The van der Waals surface area contributed by atoms with E-state index in [-0.39, 0.29) is 25.0 Å². The first kappa shape index (κ1) is 22.8. The van der Waals surface area contributed by atoms with Gasteiger partial charge in [0.15, 0.2) is 0 Å². The Morgan fingerprint density at radius 3 is 2.94 bits per heavy atom. The topological polar surface area (TPSA) is 101 Å². The van der Waals surface area contributed by atoms with Crippen LogP contribution in [-0.2, 0) is 14.3 Å². The molecule has 2 N–H and O–H groups in total. The van der Waals surface area contributed by atoms with Crippen molar-refractivity contribution in [2.24, 2.45) is 0 Å². The first-order chi connectivity index (χ1) is 15.5. The Morgan fingerprint density at radius 2 is 2.22 bits per heavy atom. The van der Waals surface area contributed by atoms with Crippen molar-refractivity contribution in [1.29, 1.82) is 0 Å². The van der Waals surface area contributed by atoms with Crippen LogP contribution in [0, 0.1) is 0 Å². The highest BCUT2D eigenvalue weighted by atomic mass is 35.5. The zero-order chi connectivity index (χ0) is 22.7. The van der Waals surface area contributed by atoms with E-state index in [9.17, 15) is 14.7 Å². The maximum Gasteiger partial charge on any atom is 0.261 e. The van der Waals surface area contributed by atoms with Gasteiger partial charge in [0.1, 0.15) is 12.4 Å². The molecule has 0 bridgehead atoms.